The summed E-state index contributed by atoms with van der Waals surface area (Å²) in [5, 5.41) is 16.1. The molecule has 8 nitrogen and oxygen atoms in total. The predicted molar refractivity (Wildman–Crippen MR) is 132 cm³/mol. The molecule has 0 unspecified atom stereocenters. The van der Waals surface area contributed by atoms with E-state index in [1.807, 2.05) is 18.2 Å². The van der Waals surface area contributed by atoms with Crippen molar-refractivity contribution < 1.29 is 23.8 Å². The Balaban J connectivity index is 1.32. The third kappa shape index (κ3) is 4.38. The molecule has 1 amide bonds. The van der Waals surface area contributed by atoms with Crippen molar-refractivity contribution in [3.63, 3.8) is 0 Å². The molecule has 0 radical (unpaired) electrons. The highest BCUT2D eigenvalue weighted by atomic mass is 32.1. The van der Waals surface area contributed by atoms with Gasteiger partial charge in [0, 0.05) is 11.3 Å². The summed E-state index contributed by atoms with van der Waals surface area (Å²) >= 11 is 5.31. The minimum absolute atomic E-state index is 0.0130. The van der Waals surface area contributed by atoms with Crippen LogP contribution in [0.15, 0.2) is 59.0 Å². The van der Waals surface area contributed by atoms with Gasteiger partial charge in [0.2, 0.25) is 5.89 Å². The van der Waals surface area contributed by atoms with Crippen LogP contribution in [-0.2, 0) is 6.42 Å². The highest BCUT2D eigenvalue weighted by Crippen LogP contribution is 2.34. The molecule has 1 aliphatic rings. The number of nitrogens with zero attached hydrogens (tertiary/aromatic N) is 1. The number of aromatic nitrogens is 1. The van der Waals surface area contributed by atoms with Gasteiger partial charge in [-0.2, -0.15) is 0 Å². The highest BCUT2D eigenvalue weighted by molar-refractivity contribution is 7.80. The Hall–Kier alpha value is -4.11. The second-order valence-corrected chi connectivity index (χ2v) is 8.08. The smallest absolute Gasteiger partial charge is 0.257 e. The first-order valence-electron chi connectivity index (χ1n) is 10.7. The zero-order chi connectivity index (χ0) is 23.7. The largest absolute Gasteiger partial charge is 0.507 e. The molecule has 3 aromatic carbocycles. The first-order chi connectivity index (χ1) is 16.5. The number of hydrogen-bond donors (Lipinski definition) is 3. The number of oxazole rings is 1. The molecule has 9 heteroatoms. The van der Waals surface area contributed by atoms with Gasteiger partial charge in [-0.05, 0) is 72.7 Å². The van der Waals surface area contributed by atoms with Crippen molar-refractivity contribution in [3.05, 3.63) is 65.7 Å². The lowest BCUT2D eigenvalue weighted by Gasteiger charge is -2.18. The van der Waals surface area contributed by atoms with Crippen LogP contribution in [0.2, 0.25) is 0 Å². The quantitative estimate of drug-likeness (QED) is 0.289. The van der Waals surface area contributed by atoms with E-state index >= 15 is 0 Å². The van der Waals surface area contributed by atoms with Crippen LogP contribution >= 0.6 is 12.2 Å². The standard InChI is InChI=1S/C25H21N3O5S/c1-2-14-3-7-20-18(11-14)27-24(33-20)17-13-16(5-6-19(17)29)26-25(34)28-23(30)15-4-8-21-22(12-15)32-10-9-31-21/h3-8,11-13,29H,2,9-10H2,1H3,(H2,26,28,30,34). The number of amides is 1. The van der Waals surface area contributed by atoms with E-state index in [0.717, 1.165) is 12.0 Å². The number of hydrogen-bond acceptors (Lipinski definition) is 7. The first-order valence-corrected chi connectivity index (χ1v) is 11.2. The summed E-state index contributed by atoms with van der Waals surface area (Å²) in [5.41, 5.74) is 3.84. The number of benzene rings is 3. The van der Waals surface area contributed by atoms with Crippen molar-refractivity contribution in [2.24, 2.45) is 0 Å². The fourth-order valence-electron chi connectivity index (χ4n) is 3.62. The summed E-state index contributed by atoms with van der Waals surface area (Å²) in [6.45, 7) is 2.98. The molecule has 34 heavy (non-hydrogen) atoms. The van der Waals surface area contributed by atoms with Crippen LogP contribution in [0.3, 0.4) is 0 Å². The second-order valence-electron chi connectivity index (χ2n) is 7.67. The number of aromatic hydroxyl groups is 1. The van der Waals surface area contributed by atoms with Crippen molar-refractivity contribution in [1.82, 2.24) is 10.3 Å². The number of aryl methyl sites for hydroxylation is 1. The van der Waals surface area contributed by atoms with Gasteiger partial charge in [-0.25, -0.2) is 4.98 Å². The van der Waals surface area contributed by atoms with Crippen molar-refractivity contribution in [2.45, 2.75) is 13.3 Å². The van der Waals surface area contributed by atoms with Crippen LogP contribution in [0.25, 0.3) is 22.6 Å². The minimum atomic E-state index is -0.390. The number of fused-ring (bicyclic) bond motifs is 2. The van der Waals surface area contributed by atoms with Crippen LogP contribution in [0.5, 0.6) is 17.2 Å². The van der Waals surface area contributed by atoms with E-state index in [-0.39, 0.29) is 22.7 Å². The number of phenolic OH excluding ortho intramolecular Hbond substituents is 1. The normalized spacial score (nSPS) is 12.4. The number of phenols is 1. The van der Waals surface area contributed by atoms with Crippen LogP contribution in [-0.4, -0.2) is 34.3 Å². The zero-order valence-electron chi connectivity index (χ0n) is 18.3. The third-order valence-corrected chi connectivity index (χ3v) is 5.58. The summed E-state index contributed by atoms with van der Waals surface area (Å²) < 4.78 is 16.8. The SMILES string of the molecule is CCc1ccc2oc(-c3cc(NC(=S)NC(=O)c4ccc5c(c4)OCCO5)ccc3O)nc2c1. The van der Waals surface area contributed by atoms with E-state index in [2.05, 4.69) is 22.5 Å². The van der Waals surface area contributed by atoms with Crippen LogP contribution in [0, 0.1) is 0 Å². The summed E-state index contributed by atoms with van der Waals surface area (Å²) in [4.78, 5) is 17.1. The summed E-state index contributed by atoms with van der Waals surface area (Å²) in [7, 11) is 0. The Morgan fingerprint density at radius 1 is 1.06 bits per heavy atom. The molecule has 0 aliphatic carbocycles. The van der Waals surface area contributed by atoms with Gasteiger partial charge in [0.25, 0.3) is 5.91 Å². The molecular formula is C25H21N3O5S. The topological polar surface area (TPSA) is 106 Å². The second kappa shape index (κ2) is 9.03. The molecule has 0 spiro atoms. The molecule has 2 heterocycles. The average Bonchev–Trinajstić information content (AvgIpc) is 3.27. The molecular weight excluding hydrogens is 454 g/mol. The monoisotopic (exact) mass is 475 g/mol. The van der Waals surface area contributed by atoms with E-state index in [0.29, 0.717) is 52.6 Å². The van der Waals surface area contributed by atoms with Gasteiger partial charge in [-0.3, -0.25) is 10.1 Å². The van der Waals surface area contributed by atoms with E-state index < -0.39 is 0 Å². The van der Waals surface area contributed by atoms with Gasteiger partial charge < -0.3 is 24.3 Å². The maximum atomic E-state index is 12.6. The Bertz CT molecular complexity index is 1420. The average molecular weight is 476 g/mol. The van der Waals surface area contributed by atoms with E-state index in [9.17, 15) is 9.90 Å². The Kier molecular flexibility index (Phi) is 5.77. The molecule has 1 aliphatic heterocycles. The molecule has 0 fully saturated rings. The summed E-state index contributed by atoms with van der Waals surface area (Å²) in [5.74, 6) is 1.03. The third-order valence-electron chi connectivity index (χ3n) is 5.38. The molecule has 5 rings (SSSR count). The molecule has 172 valence electrons. The van der Waals surface area contributed by atoms with E-state index in [1.54, 1.807) is 30.3 Å². The molecule has 1 aromatic heterocycles. The number of rotatable bonds is 4. The van der Waals surface area contributed by atoms with Gasteiger partial charge in [0.15, 0.2) is 22.2 Å². The molecule has 0 bridgehead atoms. The lowest BCUT2D eigenvalue weighted by molar-refractivity contribution is 0.0976. The van der Waals surface area contributed by atoms with Crippen molar-refractivity contribution in [3.8, 4) is 28.7 Å². The lowest BCUT2D eigenvalue weighted by atomic mass is 10.1. The van der Waals surface area contributed by atoms with Crippen LogP contribution in [0.1, 0.15) is 22.8 Å². The van der Waals surface area contributed by atoms with Crippen LogP contribution in [0.4, 0.5) is 5.69 Å². The van der Waals surface area contributed by atoms with Crippen molar-refractivity contribution in [1.29, 1.82) is 0 Å². The highest BCUT2D eigenvalue weighted by Gasteiger charge is 2.17. The van der Waals surface area contributed by atoms with E-state index in [1.165, 1.54) is 6.07 Å². The fourth-order valence-corrected chi connectivity index (χ4v) is 3.83. The van der Waals surface area contributed by atoms with Crippen molar-refractivity contribution >= 4 is 40.0 Å². The number of ether oxygens (including phenoxy) is 2. The number of nitrogens with one attached hydrogen (secondary N) is 2. The first kappa shape index (κ1) is 21.7. The van der Waals surface area contributed by atoms with Gasteiger partial charge in [-0.15, -0.1) is 0 Å². The molecule has 4 aromatic rings. The summed E-state index contributed by atoms with van der Waals surface area (Å²) in [6.07, 6.45) is 0.887. The van der Waals surface area contributed by atoms with Gasteiger partial charge in [0.05, 0.1) is 5.56 Å². The maximum absolute atomic E-state index is 12.6. The number of thiocarbonyl (C=S) groups is 1. The Labute approximate surface area is 200 Å². The zero-order valence-corrected chi connectivity index (χ0v) is 19.1. The number of anilines is 1. The fraction of sp³-hybridized carbons (Fsp3) is 0.160. The molecule has 3 N–H and O–H groups in total. The molecule has 0 saturated carbocycles. The van der Waals surface area contributed by atoms with Gasteiger partial charge in [-0.1, -0.05) is 13.0 Å². The maximum Gasteiger partial charge on any atom is 0.257 e. The Morgan fingerprint density at radius 3 is 2.71 bits per heavy atom. The molecule has 0 atom stereocenters. The minimum Gasteiger partial charge on any atom is -0.507 e. The van der Waals surface area contributed by atoms with E-state index in [4.69, 9.17) is 26.1 Å². The van der Waals surface area contributed by atoms with Crippen LogP contribution < -0.4 is 20.1 Å². The van der Waals surface area contributed by atoms with Gasteiger partial charge >= 0.3 is 0 Å². The lowest BCUT2D eigenvalue weighted by Crippen LogP contribution is -2.34. The predicted octanol–water partition coefficient (Wildman–Crippen LogP) is 4.66. The summed E-state index contributed by atoms with van der Waals surface area (Å²) in [6, 6.07) is 15.6. The van der Waals surface area contributed by atoms with Gasteiger partial charge in [0.1, 0.15) is 24.5 Å². The molecule has 0 saturated heterocycles. The Morgan fingerprint density at radius 2 is 1.88 bits per heavy atom. The number of carbonyl (C=O) groups excluding carboxylic acids is 1. The number of carbonyl (C=O) groups is 1. The van der Waals surface area contributed by atoms with Crippen molar-refractivity contribution in [2.75, 3.05) is 18.5 Å².